The lowest BCUT2D eigenvalue weighted by atomic mass is 10.1. The maximum Gasteiger partial charge on any atom is 0.224 e. The summed E-state index contributed by atoms with van der Waals surface area (Å²) in [5, 5.41) is 2.72. The average Bonchev–Trinajstić information content (AvgIpc) is 3.05. The van der Waals surface area contributed by atoms with Crippen LogP contribution in [-0.2, 0) is 9.53 Å². The molecule has 1 amide bonds. The average molecular weight is 291 g/mol. The van der Waals surface area contributed by atoms with Crippen molar-refractivity contribution in [3.8, 4) is 0 Å². The van der Waals surface area contributed by atoms with Gasteiger partial charge in [0.2, 0.25) is 5.91 Å². The molecule has 114 valence electrons. The third-order valence-corrected chi connectivity index (χ3v) is 4.10. The zero-order valence-corrected chi connectivity index (χ0v) is 12.3. The van der Waals surface area contributed by atoms with E-state index in [0.29, 0.717) is 0 Å². The number of hydrogen-bond acceptors (Lipinski definition) is 6. The summed E-state index contributed by atoms with van der Waals surface area (Å²) in [5.74, 6) is 2.00. The second kappa shape index (κ2) is 6.26. The minimum Gasteiger partial charge on any atom is -0.378 e. The fraction of sp³-hybridized carbons (Fsp3) is 0.643. The molecule has 1 atom stereocenters. The third-order valence-electron chi connectivity index (χ3n) is 4.10. The van der Waals surface area contributed by atoms with E-state index in [9.17, 15) is 4.79 Å². The molecule has 7 heteroatoms. The maximum atomic E-state index is 11.7. The van der Waals surface area contributed by atoms with Gasteiger partial charge in [-0.3, -0.25) is 4.79 Å². The lowest BCUT2D eigenvalue weighted by Crippen LogP contribution is -2.37. The number of aromatic nitrogens is 2. The van der Waals surface area contributed by atoms with Crippen molar-refractivity contribution in [3.63, 3.8) is 0 Å². The van der Waals surface area contributed by atoms with Gasteiger partial charge in [-0.1, -0.05) is 0 Å². The van der Waals surface area contributed by atoms with Crippen molar-refractivity contribution in [1.29, 1.82) is 0 Å². The lowest BCUT2D eigenvalue weighted by molar-refractivity contribution is -0.123. The van der Waals surface area contributed by atoms with E-state index >= 15 is 0 Å². The summed E-state index contributed by atoms with van der Waals surface area (Å²) in [6, 6.07) is 2.01. The van der Waals surface area contributed by atoms with Crippen molar-refractivity contribution < 1.29 is 9.53 Å². The SMILES string of the molecule is CNC(=O)C1CCN(c2cc(N3CCOCC3)ncn2)C1. The van der Waals surface area contributed by atoms with E-state index in [-0.39, 0.29) is 11.8 Å². The standard InChI is InChI=1S/C14H21N5O2/c1-15-14(20)11-2-3-19(9-11)13-8-12(16-10-17-13)18-4-6-21-7-5-18/h8,10-11H,2-7,9H2,1H3,(H,15,20). The van der Waals surface area contributed by atoms with Crippen molar-refractivity contribution in [1.82, 2.24) is 15.3 Å². The predicted molar refractivity (Wildman–Crippen MR) is 79.5 cm³/mol. The Morgan fingerprint density at radius 1 is 1.24 bits per heavy atom. The molecular formula is C14H21N5O2. The number of morpholine rings is 1. The molecule has 0 radical (unpaired) electrons. The van der Waals surface area contributed by atoms with E-state index in [2.05, 4.69) is 25.1 Å². The first kappa shape index (κ1) is 14.1. The van der Waals surface area contributed by atoms with Crippen LogP contribution in [0.5, 0.6) is 0 Å². The number of nitrogens with one attached hydrogen (secondary N) is 1. The van der Waals surface area contributed by atoms with Gasteiger partial charge in [-0.15, -0.1) is 0 Å². The molecule has 1 N–H and O–H groups in total. The highest BCUT2D eigenvalue weighted by molar-refractivity contribution is 5.79. The molecule has 0 bridgehead atoms. The summed E-state index contributed by atoms with van der Waals surface area (Å²) in [6.45, 7) is 4.77. The van der Waals surface area contributed by atoms with Gasteiger partial charge in [0.25, 0.3) is 0 Å². The summed E-state index contributed by atoms with van der Waals surface area (Å²) in [6.07, 6.45) is 2.48. The van der Waals surface area contributed by atoms with Gasteiger partial charge in [0.1, 0.15) is 18.0 Å². The van der Waals surface area contributed by atoms with E-state index in [1.54, 1.807) is 13.4 Å². The van der Waals surface area contributed by atoms with Crippen molar-refractivity contribution in [2.45, 2.75) is 6.42 Å². The number of ether oxygens (including phenoxy) is 1. The first-order chi connectivity index (χ1) is 10.3. The van der Waals surface area contributed by atoms with Gasteiger partial charge in [0.05, 0.1) is 19.1 Å². The molecule has 21 heavy (non-hydrogen) atoms. The number of carbonyl (C=O) groups excluding carboxylic acids is 1. The van der Waals surface area contributed by atoms with Crippen molar-refractivity contribution in [3.05, 3.63) is 12.4 Å². The number of anilines is 2. The van der Waals surface area contributed by atoms with Crippen LogP contribution < -0.4 is 15.1 Å². The van der Waals surface area contributed by atoms with Crippen LogP contribution in [0.4, 0.5) is 11.6 Å². The van der Waals surface area contributed by atoms with Gasteiger partial charge in [-0.2, -0.15) is 0 Å². The Kier molecular flexibility index (Phi) is 4.19. The van der Waals surface area contributed by atoms with Gasteiger partial charge in [-0.25, -0.2) is 9.97 Å². The van der Waals surface area contributed by atoms with Crippen LogP contribution in [0.25, 0.3) is 0 Å². The summed E-state index contributed by atoms with van der Waals surface area (Å²) in [5.41, 5.74) is 0. The molecule has 0 saturated carbocycles. The summed E-state index contributed by atoms with van der Waals surface area (Å²) in [7, 11) is 1.69. The molecule has 2 aliphatic rings. The molecule has 2 saturated heterocycles. The Morgan fingerprint density at radius 2 is 1.95 bits per heavy atom. The minimum absolute atomic E-state index is 0.0526. The lowest BCUT2D eigenvalue weighted by Gasteiger charge is -2.28. The third kappa shape index (κ3) is 3.07. The Hall–Kier alpha value is -1.89. The zero-order valence-electron chi connectivity index (χ0n) is 12.3. The molecule has 0 aromatic carbocycles. The van der Waals surface area contributed by atoms with E-state index in [0.717, 1.165) is 57.4 Å². The van der Waals surface area contributed by atoms with Crippen LogP contribution in [0.15, 0.2) is 12.4 Å². The summed E-state index contributed by atoms with van der Waals surface area (Å²) < 4.78 is 5.36. The van der Waals surface area contributed by atoms with Crippen LogP contribution in [0.1, 0.15) is 6.42 Å². The summed E-state index contributed by atoms with van der Waals surface area (Å²) in [4.78, 5) is 24.8. The van der Waals surface area contributed by atoms with Crippen LogP contribution in [0.2, 0.25) is 0 Å². The smallest absolute Gasteiger partial charge is 0.224 e. The summed E-state index contributed by atoms with van der Waals surface area (Å²) >= 11 is 0. The molecule has 2 fully saturated rings. The highest BCUT2D eigenvalue weighted by Crippen LogP contribution is 2.24. The van der Waals surface area contributed by atoms with E-state index in [1.807, 2.05) is 6.07 Å². The molecular weight excluding hydrogens is 270 g/mol. The van der Waals surface area contributed by atoms with Gasteiger partial charge < -0.3 is 19.9 Å². The minimum atomic E-state index is 0.0526. The molecule has 1 aromatic heterocycles. The maximum absolute atomic E-state index is 11.7. The Labute approximate surface area is 124 Å². The number of rotatable bonds is 3. The fourth-order valence-electron chi connectivity index (χ4n) is 2.86. The molecule has 1 aromatic rings. The molecule has 0 spiro atoms. The van der Waals surface area contributed by atoms with E-state index in [1.165, 1.54) is 0 Å². The second-order valence-corrected chi connectivity index (χ2v) is 5.38. The first-order valence-electron chi connectivity index (χ1n) is 7.39. The van der Waals surface area contributed by atoms with E-state index < -0.39 is 0 Å². The molecule has 1 unspecified atom stereocenters. The van der Waals surface area contributed by atoms with E-state index in [4.69, 9.17) is 4.74 Å². The monoisotopic (exact) mass is 291 g/mol. The highest BCUT2D eigenvalue weighted by atomic mass is 16.5. The van der Waals surface area contributed by atoms with Crippen LogP contribution in [-0.4, -0.2) is 62.3 Å². The van der Waals surface area contributed by atoms with Gasteiger partial charge in [-0.05, 0) is 6.42 Å². The topological polar surface area (TPSA) is 70.6 Å². The molecule has 7 nitrogen and oxygen atoms in total. The van der Waals surface area contributed by atoms with Crippen LogP contribution in [0, 0.1) is 5.92 Å². The number of carbonyl (C=O) groups is 1. The van der Waals surface area contributed by atoms with Crippen LogP contribution >= 0.6 is 0 Å². The van der Waals surface area contributed by atoms with Crippen molar-refractivity contribution in [2.75, 3.05) is 56.2 Å². The number of hydrogen-bond donors (Lipinski definition) is 1. The molecule has 2 aliphatic heterocycles. The van der Waals surface area contributed by atoms with Crippen LogP contribution in [0.3, 0.4) is 0 Å². The second-order valence-electron chi connectivity index (χ2n) is 5.38. The Balaban J connectivity index is 1.70. The zero-order chi connectivity index (χ0) is 14.7. The van der Waals surface area contributed by atoms with Gasteiger partial charge in [0, 0.05) is 39.3 Å². The van der Waals surface area contributed by atoms with Gasteiger partial charge in [0.15, 0.2) is 0 Å². The largest absolute Gasteiger partial charge is 0.378 e. The quantitative estimate of drug-likeness (QED) is 0.837. The molecule has 0 aliphatic carbocycles. The van der Waals surface area contributed by atoms with Crippen molar-refractivity contribution >= 4 is 17.5 Å². The molecule has 3 rings (SSSR count). The Morgan fingerprint density at radius 3 is 2.67 bits per heavy atom. The van der Waals surface area contributed by atoms with Gasteiger partial charge >= 0.3 is 0 Å². The number of nitrogens with zero attached hydrogens (tertiary/aromatic N) is 4. The predicted octanol–water partition coefficient (Wildman–Crippen LogP) is -0.114. The highest BCUT2D eigenvalue weighted by Gasteiger charge is 2.28. The molecule has 3 heterocycles. The normalized spacial score (nSPS) is 22.4. The van der Waals surface area contributed by atoms with Crippen molar-refractivity contribution in [2.24, 2.45) is 5.92 Å². The fourth-order valence-corrected chi connectivity index (χ4v) is 2.86. The Bertz CT molecular complexity index is 504. The number of amides is 1. The first-order valence-corrected chi connectivity index (χ1v) is 7.39.